The standard InChI is InChI=1S/C10H21NO2/c1-4-6-7-13-10(12)9(11)8(3)5-2/h8-9H,4-7,11H2,1-3H3/t8-,9+/m1/s1. The van der Waals surface area contributed by atoms with Gasteiger partial charge in [-0.25, -0.2) is 0 Å². The first-order valence-corrected chi connectivity index (χ1v) is 5.05. The van der Waals surface area contributed by atoms with Crippen molar-refractivity contribution in [3.8, 4) is 0 Å². The fourth-order valence-corrected chi connectivity index (χ4v) is 0.900. The molecule has 0 heterocycles. The molecule has 0 aliphatic rings. The van der Waals surface area contributed by atoms with E-state index in [2.05, 4.69) is 6.92 Å². The van der Waals surface area contributed by atoms with E-state index in [4.69, 9.17) is 10.5 Å². The molecule has 0 saturated heterocycles. The van der Waals surface area contributed by atoms with Crippen LogP contribution in [0.3, 0.4) is 0 Å². The van der Waals surface area contributed by atoms with Gasteiger partial charge < -0.3 is 10.5 Å². The van der Waals surface area contributed by atoms with Gasteiger partial charge in [-0.05, 0) is 12.3 Å². The Hall–Kier alpha value is -0.570. The molecule has 0 amide bonds. The molecule has 0 spiro atoms. The molecular weight excluding hydrogens is 166 g/mol. The molecule has 0 fully saturated rings. The van der Waals surface area contributed by atoms with Crippen molar-refractivity contribution < 1.29 is 9.53 Å². The maximum absolute atomic E-state index is 11.3. The SMILES string of the molecule is CCCCOC(=O)[C@@H](N)[C@H](C)CC. The molecule has 0 aromatic rings. The summed E-state index contributed by atoms with van der Waals surface area (Å²) in [6.45, 7) is 6.54. The van der Waals surface area contributed by atoms with E-state index in [1.165, 1.54) is 0 Å². The second-order valence-corrected chi connectivity index (χ2v) is 3.43. The molecule has 0 aromatic heterocycles. The lowest BCUT2D eigenvalue weighted by Gasteiger charge is -2.16. The highest BCUT2D eigenvalue weighted by Gasteiger charge is 2.20. The predicted octanol–water partition coefficient (Wildman–Crippen LogP) is 1.70. The van der Waals surface area contributed by atoms with Gasteiger partial charge in [0.25, 0.3) is 0 Å². The van der Waals surface area contributed by atoms with Gasteiger partial charge in [0, 0.05) is 0 Å². The minimum Gasteiger partial charge on any atom is -0.465 e. The van der Waals surface area contributed by atoms with Gasteiger partial charge in [-0.1, -0.05) is 33.6 Å². The summed E-state index contributed by atoms with van der Waals surface area (Å²) in [5.74, 6) is -0.0584. The summed E-state index contributed by atoms with van der Waals surface area (Å²) >= 11 is 0. The van der Waals surface area contributed by atoms with E-state index in [-0.39, 0.29) is 11.9 Å². The van der Waals surface area contributed by atoms with Crippen molar-refractivity contribution in [2.45, 2.75) is 46.1 Å². The van der Waals surface area contributed by atoms with Crippen LogP contribution in [0, 0.1) is 5.92 Å². The Morgan fingerprint density at radius 3 is 2.54 bits per heavy atom. The van der Waals surface area contributed by atoms with Crippen LogP contribution >= 0.6 is 0 Å². The Kier molecular flexibility index (Phi) is 6.59. The monoisotopic (exact) mass is 187 g/mol. The van der Waals surface area contributed by atoms with Crippen molar-refractivity contribution in [3.05, 3.63) is 0 Å². The Morgan fingerprint density at radius 2 is 2.08 bits per heavy atom. The molecule has 0 unspecified atom stereocenters. The van der Waals surface area contributed by atoms with E-state index < -0.39 is 6.04 Å². The Labute approximate surface area is 80.6 Å². The van der Waals surface area contributed by atoms with Crippen LogP contribution in [0.1, 0.15) is 40.0 Å². The highest BCUT2D eigenvalue weighted by atomic mass is 16.5. The number of esters is 1. The molecule has 13 heavy (non-hydrogen) atoms. The molecule has 3 nitrogen and oxygen atoms in total. The minimum atomic E-state index is -0.457. The molecule has 0 aromatic carbocycles. The van der Waals surface area contributed by atoms with E-state index in [0.29, 0.717) is 6.61 Å². The first-order valence-electron chi connectivity index (χ1n) is 5.05. The van der Waals surface area contributed by atoms with Crippen molar-refractivity contribution in [3.63, 3.8) is 0 Å². The number of carbonyl (C=O) groups is 1. The molecule has 3 heteroatoms. The van der Waals surface area contributed by atoms with Gasteiger partial charge in [-0.15, -0.1) is 0 Å². The molecular formula is C10H21NO2. The van der Waals surface area contributed by atoms with Gasteiger partial charge >= 0.3 is 5.97 Å². The lowest BCUT2D eigenvalue weighted by molar-refractivity contribution is -0.146. The summed E-state index contributed by atoms with van der Waals surface area (Å²) in [5.41, 5.74) is 5.68. The summed E-state index contributed by atoms with van der Waals surface area (Å²) in [4.78, 5) is 11.3. The van der Waals surface area contributed by atoms with Crippen LogP contribution in [0.15, 0.2) is 0 Å². The summed E-state index contributed by atoms with van der Waals surface area (Å²) in [6.07, 6.45) is 2.86. The minimum absolute atomic E-state index is 0.203. The maximum Gasteiger partial charge on any atom is 0.323 e. The third-order valence-electron chi connectivity index (χ3n) is 2.27. The fourth-order valence-electron chi connectivity index (χ4n) is 0.900. The number of carbonyl (C=O) groups excluding carboxylic acids is 1. The van der Waals surface area contributed by atoms with Crippen molar-refractivity contribution in [1.29, 1.82) is 0 Å². The molecule has 0 rings (SSSR count). The lowest BCUT2D eigenvalue weighted by atomic mass is 10.0. The summed E-state index contributed by atoms with van der Waals surface area (Å²) < 4.78 is 5.00. The number of ether oxygens (including phenoxy) is 1. The molecule has 78 valence electrons. The van der Waals surface area contributed by atoms with E-state index in [1.807, 2.05) is 13.8 Å². The van der Waals surface area contributed by atoms with Crippen LogP contribution < -0.4 is 5.73 Å². The van der Waals surface area contributed by atoms with Crippen molar-refractivity contribution >= 4 is 5.97 Å². The average Bonchev–Trinajstić information content (AvgIpc) is 2.15. The van der Waals surface area contributed by atoms with Gasteiger partial charge in [0.15, 0.2) is 0 Å². The Balaban J connectivity index is 3.69. The van der Waals surface area contributed by atoms with Crippen LogP contribution in [0.2, 0.25) is 0 Å². The molecule has 2 atom stereocenters. The van der Waals surface area contributed by atoms with Crippen molar-refractivity contribution in [2.24, 2.45) is 11.7 Å². The zero-order valence-corrected chi connectivity index (χ0v) is 8.88. The molecule has 2 N–H and O–H groups in total. The largest absolute Gasteiger partial charge is 0.465 e. The lowest BCUT2D eigenvalue weighted by Crippen LogP contribution is -2.38. The summed E-state index contributed by atoms with van der Waals surface area (Å²) in [5, 5.41) is 0. The normalized spacial score (nSPS) is 15.1. The fraction of sp³-hybridized carbons (Fsp3) is 0.900. The van der Waals surface area contributed by atoms with Crippen LogP contribution in [0.25, 0.3) is 0 Å². The molecule has 0 aliphatic heterocycles. The van der Waals surface area contributed by atoms with Gasteiger partial charge in [0.2, 0.25) is 0 Å². The Bertz CT molecular complexity index is 148. The third-order valence-corrected chi connectivity index (χ3v) is 2.27. The molecule has 0 radical (unpaired) electrons. The highest BCUT2D eigenvalue weighted by molar-refractivity contribution is 5.75. The maximum atomic E-state index is 11.3. The summed E-state index contributed by atoms with van der Waals surface area (Å²) in [6, 6.07) is -0.457. The first-order chi connectivity index (χ1) is 6.13. The smallest absolute Gasteiger partial charge is 0.323 e. The zero-order chi connectivity index (χ0) is 10.3. The highest BCUT2D eigenvalue weighted by Crippen LogP contribution is 2.06. The molecule has 0 aliphatic carbocycles. The van der Waals surface area contributed by atoms with Crippen molar-refractivity contribution in [2.75, 3.05) is 6.61 Å². The summed E-state index contributed by atoms with van der Waals surface area (Å²) in [7, 11) is 0. The predicted molar refractivity (Wildman–Crippen MR) is 53.3 cm³/mol. The molecule has 0 saturated carbocycles. The topological polar surface area (TPSA) is 52.3 Å². The number of rotatable bonds is 6. The van der Waals surface area contributed by atoms with Crippen molar-refractivity contribution in [1.82, 2.24) is 0 Å². The number of unbranched alkanes of at least 4 members (excludes halogenated alkanes) is 1. The van der Waals surface area contributed by atoms with Gasteiger partial charge in [0.1, 0.15) is 6.04 Å². The number of hydrogen-bond acceptors (Lipinski definition) is 3. The van der Waals surface area contributed by atoms with E-state index in [0.717, 1.165) is 19.3 Å². The second-order valence-electron chi connectivity index (χ2n) is 3.43. The quantitative estimate of drug-likeness (QED) is 0.508. The second kappa shape index (κ2) is 6.89. The zero-order valence-electron chi connectivity index (χ0n) is 8.88. The average molecular weight is 187 g/mol. The van der Waals surface area contributed by atoms with E-state index >= 15 is 0 Å². The third kappa shape index (κ3) is 4.88. The van der Waals surface area contributed by atoms with Crippen LogP contribution in [0.4, 0.5) is 0 Å². The van der Waals surface area contributed by atoms with Gasteiger partial charge in [0.05, 0.1) is 6.61 Å². The Morgan fingerprint density at radius 1 is 1.46 bits per heavy atom. The number of hydrogen-bond donors (Lipinski definition) is 1. The van der Waals surface area contributed by atoms with Crippen LogP contribution in [-0.2, 0) is 9.53 Å². The molecule has 0 bridgehead atoms. The van der Waals surface area contributed by atoms with E-state index in [9.17, 15) is 4.79 Å². The van der Waals surface area contributed by atoms with Crippen LogP contribution in [-0.4, -0.2) is 18.6 Å². The van der Waals surface area contributed by atoms with E-state index in [1.54, 1.807) is 0 Å². The number of nitrogens with two attached hydrogens (primary N) is 1. The van der Waals surface area contributed by atoms with Gasteiger partial charge in [-0.2, -0.15) is 0 Å². The van der Waals surface area contributed by atoms with Crippen LogP contribution in [0.5, 0.6) is 0 Å². The first kappa shape index (κ1) is 12.4. The van der Waals surface area contributed by atoms with Gasteiger partial charge in [-0.3, -0.25) is 4.79 Å².